The van der Waals surface area contributed by atoms with E-state index < -0.39 is 0 Å². The van der Waals surface area contributed by atoms with E-state index in [4.69, 9.17) is 11.6 Å². The number of anilines is 3. The molecular weight excluding hydrogens is 338 g/mol. The first-order valence-electron chi connectivity index (χ1n) is 8.57. The SMILES string of the molecule is Clc1ccc(-c2ccc(N(c3ccccc3)c3ccccc3)cc2)cc1. The summed E-state index contributed by atoms with van der Waals surface area (Å²) in [5.41, 5.74) is 5.73. The second-order valence-corrected chi connectivity index (χ2v) is 6.50. The smallest absolute Gasteiger partial charge is 0.0462 e. The molecule has 2 heteroatoms. The molecule has 4 rings (SSSR count). The Kier molecular flexibility index (Phi) is 4.72. The van der Waals surface area contributed by atoms with Crippen molar-refractivity contribution in [3.8, 4) is 11.1 Å². The molecule has 0 amide bonds. The van der Waals surface area contributed by atoms with Gasteiger partial charge < -0.3 is 4.90 Å². The first-order chi connectivity index (χ1) is 12.8. The van der Waals surface area contributed by atoms with Gasteiger partial charge in [-0.3, -0.25) is 0 Å². The highest BCUT2D eigenvalue weighted by Crippen LogP contribution is 2.35. The van der Waals surface area contributed by atoms with E-state index in [9.17, 15) is 0 Å². The van der Waals surface area contributed by atoms with Gasteiger partial charge in [0.25, 0.3) is 0 Å². The molecule has 126 valence electrons. The zero-order valence-electron chi connectivity index (χ0n) is 14.2. The van der Waals surface area contributed by atoms with Gasteiger partial charge in [0.05, 0.1) is 0 Å². The molecule has 0 radical (unpaired) electrons. The van der Waals surface area contributed by atoms with Gasteiger partial charge in [-0.25, -0.2) is 0 Å². The lowest BCUT2D eigenvalue weighted by molar-refractivity contribution is 1.28. The highest BCUT2D eigenvalue weighted by atomic mass is 35.5. The summed E-state index contributed by atoms with van der Waals surface area (Å²) in [5.74, 6) is 0. The van der Waals surface area contributed by atoms with E-state index in [1.807, 2.05) is 36.4 Å². The Morgan fingerprint density at radius 2 is 0.808 bits per heavy atom. The number of hydrogen-bond donors (Lipinski definition) is 0. The zero-order chi connectivity index (χ0) is 17.8. The fraction of sp³-hybridized carbons (Fsp3) is 0. The minimum atomic E-state index is 0.754. The van der Waals surface area contributed by atoms with E-state index in [0.29, 0.717) is 0 Å². The van der Waals surface area contributed by atoms with Crippen LogP contribution in [0.25, 0.3) is 11.1 Å². The van der Waals surface area contributed by atoms with Gasteiger partial charge in [-0.05, 0) is 59.7 Å². The monoisotopic (exact) mass is 355 g/mol. The Bertz CT molecular complexity index is 923. The molecule has 0 saturated heterocycles. The molecule has 26 heavy (non-hydrogen) atoms. The number of halogens is 1. The summed E-state index contributed by atoms with van der Waals surface area (Å²) in [5, 5.41) is 0.754. The predicted octanol–water partition coefficient (Wildman–Crippen LogP) is 7.48. The molecule has 0 fully saturated rings. The Labute approximate surface area is 159 Å². The first-order valence-corrected chi connectivity index (χ1v) is 8.95. The van der Waals surface area contributed by atoms with Crippen LogP contribution in [0.1, 0.15) is 0 Å². The third kappa shape index (κ3) is 3.49. The summed E-state index contributed by atoms with van der Waals surface area (Å²) in [7, 11) is 0. The predicted molar refractivity (Wildman–Crippen MR) is 112 cm³/mol. The summed E-state index contributed by atoms with van der Waals surface area (Å²) >= 11 is 5.99. The maximum Gasteiger partial charge on any atom is 0.0462 e. The Morgan fingerprint density at radius 1 is 0.423 bits per heavy atom. The van der Waals surface area contributed by atoms with Crippen LogP contribution >= 0.6 is 11.6 Å². The van der Waals surface area contributed by atoms with E-state index in [1.165, 1.54) is 5.56 Å². The second-order valence-electron chi connectivity index (χ2n) is 6.06. The van der Waals surface area contributed by atoms with Gasteiger partial charge >= 0.3 is 0 Å². The third-order valence-corrected chi connectivity index (χ3v) is 4.58. The second kappa shape index (κ2) is 7.47. The lowest BCUT2D eigenvalue weighted by atomic mass is 10.0. The molecule has 0 atom stereocenters. The van der Waals surface area contributed by atoms with Crippen LogP contribution in [0, 0.1) is 0 Å². The highest BCUT2D eigenvalue weighted by molar-refractivity contribution is 6.30. The lowest BCUT2D eigenvalue weighted by Gasteiger charge is -2.25. The molecule has 0 bridgehead atoms. The van der Waals surface area contributed by atoms with Crippen LogP contribution in [-0.4, -0.2) is 0 Å². The van der Waals surface area contributed by atoms with Gasteiger partial charge in [0, 0.05) is 22.1 Å². The summed E-state index contributed by atoms with van der Waals surface area (Å²) in [6.45, 7) is 0. The van der Waals surface area contributed by atoms with Gasteiger partial charge in [-0.15, -0.1) is 0 Å². The summed E-state index contributed by atoms with van der Waals surface area (Å²) in [6, 6.07) is 37.4. The molecular formula is C24H18ClN. The van der Waals surface area contributed by atoms with E-state index >= 15 is 0 Å². The molecule has 4 aromatic rings. The van der Waals surface area contributed by atoms with Crippen LogP contribution in [-0.2, 0) is 0 Å². The number of nitrogens with zero attached hydrogens (tertiary/aromatic N) is 1. The molecule has 0 unspecified atom stereocenters. The third-order valence-electron chi connectivity index (χ3n) is 4.33. The van der Waals surface area contributed by atoms with Crippen LogP contribution < -0.4 is 4.90 Å². The number of hydrogen-bond acceptors (Lipinski definition) is 1. The quantitative estimate of drug-likeness (QED) is 0.367. The normalized spacial score (nSPS) is 10.5. The van der Waals surface area contributed by atoms with E-state index in [0.717, 1.165) is 27.6 Å². The average Bonchev–Trinajstić information content (AvgIpc) is 2.71. The van der Waals surface area contributed by atoms with Crippen LogP contribution in [0.2, 0.25) is 5.02 Å². The first kappa shape index (κ1) is 16.4. The highest BCUT2D eigenvalue weighted by Gasteiger charge is 2.11. The molecule has 0 aromatic heterocycles. The van der Waals surface area contributed by atoms with E-state index in [-0.39, 0.29) is 0 Å². The summed E-state index contributed by atoms with van der Waals surface area (Å²) < 4.78 is 0. The zero-order valence-corrected chi connectivity index (χ0v) is 15.0. The number of para-hydroxylation sites is 2. The van der Waals surface area contributed by atoms with Gasteiger partial charge in [0.1, 0.15) is 0 Å². The molecule has 0 aliphatic rings. The fourth-order valence-electron chi connectivity index (χ4n) is 3.05. The molecule has 0 N–H and O–H groups in total. The number of benzene rings is 4. The summed E-state index contributed by atoms with van der Waals surface area (Å²) in [6.07, 6.45) is 0. The van der Waals surface area contributed by atoms with Crippen molar-refractivity contribution in [2.75, 3.05) is 4.90 Å². The molecule has 1 nitrogen and oxygen atoms in total. The molecule has 0 aliphatic heterocycles. The van der Waals surface area contributed by atoms with Crippen molar-refractivity contribution in [2.45, 2.75) is 0 Å². The molecule has 0 spiro atoms. The molecule has 4 aromatic carbocycles. The standard InChI is InChI=1S/C24H18ClN/c25-21-15-11-19(12-16-21)20-13-17-24(18-14-20)26(22-7-3-1-4-8-22)23-9-5-2-6-10-23/h1-18H. The van der Waals surface area contributed by atoms with Gasteiger partial charge in [-0.2, -0.15) is 0 Å². The maximum absolute atomic E-state index is 5.99. The molecule has 0 saturated carbocycles. The molecule has 0 aliphatic carbocycles. The van der Waals surface area contributed by atoms with Crippen LogP contribution in [0.5, 0.6) is 0 Å². The van der Waals surface area contributed by atoms with Crippen molar-refractivity contribution in [1.29, 1.82) is 0 Å². The topological polar surface area (TPSA) is 3.24 Å². The van der Waals surface area contributed by atoms with Crippen molar-refractivity contribution in [2.24, 2.45) is 0 Å². The number of rotatable bonds is 4. The van der Waals surface area contributed by atoms with Crippen molar-refractivity contribution < 1.29 is 0 Å². The minimum Gasteiger partial charge on any atom is -0.311 e. The van der Waals surface area contributed by atoms with Crippen molar-refractivity contribution in [1.82, 2.24) is 0 Å². The summed E-state index contributed by atoms with van der Waals surface area (Å²) in [4.78, 5) is 2.26. The maximum atomic E-state index is 5.99. The van der Waals surface area contributed by atoms with Gasteiger partial charge in [-0.1, -0.05) is 72.3 Å². The largest absolute Gasteiger partial charge is 0.311 e. The fourth-order valence-corrected chi connectivity index (χ4v) is 3.17. The van der Waals surface area contributed by atoms with Crippen LogP contribution in [0.4, 0.5) is 17.1 Å². The van der Waals surface area contributed by atoms with E-state index in [2.05, 4.69) is 77.7 Å². The van der Waals surface area contributed by atoms with Crippen LogP contribution in [0.15, 0.2) is 109 Å². The molecule has 0 heterocycles. The average molecular weight is 356 g/mol. The van der Waals surface area contributed by atoms with Gasteiger partial charge in [0.2, 0.25) is 0 Å². The van der Waals surface area contributed by atoms with Crippen molar-refractivity contribution in [3.63, 3.8) is 0 Å². The Hall–Kier alpha value is -3.03. The minimum absolute atomic E-state index is 0.754. The van der Waals surface area contributed by atoms with E-state index in [1.54, 1.807) is 0 Å². The van der Waals surface area contributed by atoms with Crippen molar-refractivity contribution in [3.05, 3.63) is 114 Å². The Morgan fingerprint density at radius 3 is 1.27 bits per heavy atom. The van der Waals surface area contributed by atoms with Crippen LogP contribution in [0.3, 0.4) is 0 Å². The lowest BCUT2D eigenvalue weighted by Crippen LogP contribution is -2.09. The van der Waals surface area contributed by atoms with Crippen molar-refractivity contribution >= 4 is 28.7 Å². The van der Waals surface area contributed by atoms with Gasteiger partial charge in [0.15, 0.2) is 0 Å². The Balaban J connectivity index is 1.73.